The molecular formula is C11H11N3O2. The number of hydrogen-bond donors (Lipinski definition) is 0. The largest absolute Gasteiger partial charge is 0.486 e. The second kappa shape index (κ2) is 4.57. The van der Waals surface area contributed by atoms with Crippen molar-refractivity contribution >= 4 is 6.29 Å². The van der Waals surface area contributed by atoms with Crippen molar-refractivity contribution in [1.82, 2.24) is 14.8 Å². The van der Waals surface area contributed by atoms with Crippen LogP contribution in [0.5, 0.6) is 5.75 Å². The van der Waals surface area contributed by atoms with Gasteiger partial charge in [-0.3, -0.25) is 9.48 Å². The summed E-state index contributed by atoms with van der Waals surface area (Å²) in [5, 5.41) is 3.93. The molecule has 2 rings (SSSR count). The van der Waals surface area contributed by atoms with Gasteiger partial charge >= 0.3 is 0 Å². The summed E-state index contributed by atoms with van der Waals surface area (Å²) < 4.78 is 7.13. The van der Waals surface area contributed by atoms with Gasteiger partial charge in [0.25, 0.3) is 0 Å². The van der Waals surface area contributed by atoms with Crippen molar-refractivity contribution in [2.75, 3.05) is 0 Å². The Hall–Kier alpha value is -2.17. The van der Waals surface area contributed by atoms with Crippen molar-refractivity contribution in [2.45, 2.75) is 6.61 Å². The number of ether oxygens (including phenoxy) is 1. The second-order valence-corrected chi connectivity index (χ2v) is 3.28. The Balaban J connectivity index is 2.04. The van der Waals surface area contributed by atoms with Crippen molar-refractivity contribution in [3.63, 3.8) is 0 Å². The molecule has 0 spiro atoms. The lowest BCUT2D eigenvalue weighted by atomic mass is 10.2. The predicted octanol–water partition coefficient (Wildman–Crippen LogP) is 1.21. The van der Waals surface area contributed by atoms with Crippen LogP contribution in [-0.4, -0.2) is 21.1 Å². The summed E-state index contributed by atoms with van der Waals surface area (Å²) in [6.45, 7) is 0.332. The highest BCUT2D eigenvalue weighted by Gasteiger charge is 2.01. The van der Waals surface area contributed by atoms with Crippen molar-refractivity contribution in [3.05, 3.63) is 42.0 Å². The zero-order valence-corrected chi connectivity index (χ0v) is 8.83. The molecule has 0 radical (unpaired) electrons. The van der Waals surface area contributed by atoms with Crippen LogP contribution >= 0.6 is 0 Å². The average molecular weight is 217 g/mol. The molecule has 5 nitrogen and oxygen atoms in total. The molecule has 5 heteroatoms. The zero-order valence-electron chi connectivity index (χ0n) is 8.83. The smallest absolute Gasteiger partial charge is 0.164 e. The van der Waals surface area contributed by atoms with E-state index in [1.54, 1.807) is 36.0 Å². The minimum Gasteiger partial charge on any atom is -0.486 e. The van der Waals surface area contributed by atoms with Crippen LogP contribution in [0, 0.1) is 0 Å². The van der Waals surface area contributed by atoms with E-state index in [9.17, 15) is 4.79 Å². The van der Waals surface area contributed by atoms with Crippen LogP contribution in [0.2, 0.25) is 0 Å². The summed E-state index contributed by atoms with van der Waals surface area (Å²) in [6.07, 6.45) is 2.26. The van der Waals surface area contributed by atoms with E-state index >= 15 is 0 Å². The summed E-state index contributed by atoms with van der Waals surface area (Å²) in [5.41, 5.74) is 0.593. The third-order valence-electron chi connectivity index (χ3n) is 2.17. The lowest BCUT2D eigenvalue weighted by molar-refractivity contribution is 0.112. The predicted molar refractivity (Wildman–Crippen MR) is 57.2 cm³/mol. The second-order valence-electron chi connectivity index (χ2n) is 3.28. The van der Waals surface area contributed by atoms with E-state index in [0.29, 0.717) is 17.9 Å². The number of hydrogen-bond acceptors (Lipinski definition) is 4. The van der Waals surface area contributed by atoms with Crippen molar-refractivity contribution in [3.8, 4) is 5.75 Å². The highest BCUT2D eigenvalue weighted by atomic mass is 16.5. The van der Waals surface area contributed by atoms with Gasteiger partial charge < -0.3 is 4.74 Å². The van der Waals surface area contributed by atoms with Crippen LogP contribution in [0.1, 0.15) is 16.2 Å². The lowest BCUT2D eigenvalue weighted by Crippen LogP contribution is -2.04. The Kier molecular flexibility index (Phi) is 2.95. The number of carbonyl (C=O) groups excluding carboxylic acids is 1. The Morgan fingerprint density at radius 2 is 2.38 bits per heavy atom. The Morgan fingerprint density at radius 3 is 3.06 bits per heavy atom. The third-order valence-corrected chi connectivity index (χ3v) is 2.17. The lowest BCUT2D eigenvalue weighted by Gasteiger charge is -2.05. The van der Waals surface area contributed by atoms with Gasteiger partial charge in [-0.25, -0.2) is 4.98 Å². The molecule has 0 saturated carbocycles. The fourth-order valence-electron chi connectivity index (χ4n) is 1.28. The summed E-state index contributed by atoms with van der Waals surface area (Å²) in [5.74, 6) is 1.38. The van der Waals surface area contributed by atoms with E-state index in [4.69, 9.17) is 4.74 Å². The molecule has 1 aromatic carbocycles. The first-order chi connectivity index (χ1) is 7.79. The Labute approximate surface area is 92.7 Å². The molecule has 0 aliphatic carbocycles. The van der Waals surface area contributed by atoms with Crippen LogP contribution in [0.25, 0.3) is 0 Å². The Bertz CT molecular complexity index is 493. The molecule has 0 atom stereocenters. The van der Waals surface area contributed by atoms with E-state index in [-0.39, 0.29) is 0 Å². The first-order valence-electron chi connectivity index (χ1n) is 4.80. The molecule has 1 heterocycles. The van der Waals surface area contributed by atoms with E-state index < -0.39 is 0 Å². The van der Waals surface area contributed by atoms with Crippen molar-refractivity contribution in [1.29, 1.82) is 0 Å². The summed E-state index contributed by atoms with van der Waals surface area (Å²) in [6, 6.07) is 6.98. The van der Waals surface area contributed by atoms with Gasteiger partial charge in [-0.1, -0.05) is 12.1 Å². The van der Waals surface area contributed by atoms with Crippen LogP contribution in [0.3, 0.4) is 0 Å². The molecule has 0 aliphatic rings. The minimum absolute atomic E-state index is 0.332. The maximum absolute atomic E-state index is 10.6. The molecule has 0 N–H and O–H groups in total. The van der Waals surface area contributed by atoms with Gasteiger partial charge in [0.2, 0.25) is 0 Å². The molecular weight excluding hydrogens is 206 g/mol. The number of carbonyl (C=O) groups is 1. The van der Waals surface area contributed by atoms with E-state index in [1.807, 2.05) is 0 Å². The van der Waals surface area contributed by atoms with Gasteiger partial charge in [0.15, 0.2) is 5.82 Å². The molecule has 0 unspecified atom stereocenters. The van der Waals surface area contributed by atoms with Crippen LogP contribution in [0.15, 0.2) is 30.6 Å². The number of aryl methyl sites for hydroxylation is 1. The van der Waals surface area contributed by atoms with E-state index in [1.165, 1.54) is 6.33 Å². The van der Waals surface area contributed by atoms with Gasteiger partial charge in [-0.05, 0) is 12.1 Å². The number of aldehydes is 1. The molecule has 2 aromatic rings. The van der Waals surface area contributed by atoms with Gasteiger partial charge in [0.05, 0.1) is 0 Å². The maximum Gasteiger partial charge on any atom is 0.164 e. The van der Waals surface area contributed by atoms with Crippen LogP contribution in [0.4, 0.5) is 0 Å². The average Bonchev–Trinajstić information content (AvgIpc) is 2.72. The number of nitrogens with zero attached hydrogens (tertiary/aromatic N) is 3. The van der Waals surface area contributed by atoms with Gasteiger partial charge in [0, 0.05) is 12.6 Å². The van der Waals surface area contributed by atoms with E-state index in [2.05, 4.69) is 10.1 Å². The molecule has 0 saturated heterocycles. The SMILES string of the molecule is Cn1ncnc1COc1cccc(C=O)c1. The first-order valence-corrected chi connectivity index (χ1v) is 4.80. The van der Waals surface area contributed by atoms with Crippen LogP contribution in [-0.2, 0) is 13.7 Å². The highest BCUT2D eigenvalue weighted by Crippen LogP contribution is 2.13. The fraction of sp³-hybridized carbons (Fsp3) is 0.182. The zero-order chi connectivity index (χ0) is 11.4. The highest BCUT2D eigenvalue weighted by molar-refractivity contribution is 5.75. The van der Waals surface area contributed by atoms with Gasteiger partial charge in [-0.2, -0.15) is 5.10 Å². The molecule has 0 fully saturated rings. The van der Waals surface area contributed by atoms with Crippen molar-refractivity contribution < 1.29 is 9.53 Å². The summed E-state index contributed by atoms with van der Waals surface area (Å²) >= 11 is 0. The topological polar surface area (TPSA) is 57.0 Å². The molecule has 0 amide bonds. The molecule has 0 bridgehead atoms. The normalized spacial score (nSPS) is 10.1. The van der Waals surface area contributed by atoms with Crippen molar-refractivity contribution in [2.24, 2.45) is 7.05 Å². The molecule has 16 heavy (non-hydrogen) atoms. The third kappa shape index (κ3) is 2.25. The number of benzene rings is 1. The Morgan fingerprint density at radius 1 is 1.50 bits per heavy atom. The van der Waals surface area contributed by atoms with Crippen LogP contribution < -0.4 is 4.74 Å². The summed E-state index contributed by atoms with van der Waals surface area (Å²) in [7, 11) is 1.80. The first kappa shape index (κ1) is 10.4. The monoisotopic (exact) mass is 217 g/mol. The van der Waals surface area contributed by atoms with Gasteiger partial charge in [0.1, 0.15) is 25.0 Å². The molecule has 1 aromatic heterocycles. The van der Waals surface area contributed by atoms with Gasteiger partial charge in [-0.15, -0.1) is 0 Å². The molecule has 82 valence electrons. The quantitative estimate of drug-likeness (QED) is 0.722. The molecule has 0 aliphatic heterocycles. The number of aromatic nitrogens is 3. The fourth-order valence-corrected chi connectivity index (χ4v) is 1.28. The number of rotatable bonds is 4. The minimum atomic E-state index is 0.332. The maximum atomic E-state index is 10.6. The summed E-state index contributed by atoms with van der Waals surface area (Å²) in [4.78, 5) is 14.6. The van der Waals surface area contributed by atoms with E-state index in [0.717, 1.165) is 12.1 Å². The standard InChI is InChI=1S/C11H11N3O2/c1-14-11(12-8-13-14)7-16-10-4-2-3-9(5-10)6-15/h2-6,8H,7H2,1H3.